The number of nitrogens with one attached hydrogen (secondary N) is 2. The Bertz CT molecular complexity index is 764. The molecule has 3 aliphatic rings. The molecule has 0 aliphatic carbocycles. The van der Waals surface area contributed by atoms with E-state index in [1.165, 1.54) is 6.07 Å². The molecule has 9 heteroatoms. The number of piperidine rings is 1. The number of hydrogen-bond acceptors (Lipinski definition) is 5. The monoisotopic (exact) mass is 367 g/mol. The topological polar surface area (TPSA) is 79.9 Å². The number of fused-ring (bicyclic) bond motifs is 1. The molecule has 2 fully saturated rings. The van der Waals surface area contributed by atoms with Crippen molar-refractivity contribution in [1.29, 1.82) is 0 Å². The third-order valence-electron chi connectivity index (χ3n) is 5.38. The summed E-state index contributed by atoms with van der Waals surface area (Å²) in [5.74, 6) is -0.153. The molecular formula is C17H19F2N3O4. The van der Waals surface area contributed by atoms with Gasteiger partial charge in [0.05, 0.1) is 0 Å². The van der Waals surface area contributed by atoms with Gasteiger partial charge in [0.15, 0.2) is 11.5 Å². The molecule has 1 aromatic carbocycles. The van der Waals surface area contributed by atoms with E-state index in [0.717, 1.165) is 0 Å². The zero-order valence-corrected chi connectivity index (χ0v) is 14.2. The minimum Gasteiger partial charge on any atom is -0.395 e. The van der Waals surface area contributed by atoms with Gasteiger partial charge in [0.1, 0.15) is 5.54 Å². The second kappa shape index (κ2) is 5.80. The summed E-state index contributed by atoms with van der Waals surface area (Å²) in [6, 6.07) is 4.39. The van der Waals surface area contributed by atoms with Crippen LogP contribution in [0.3, 0.4) is 0 Å². The number of benzene rings is 1. The van der Waals surface area contributed by atoms with Crippen LogP contribution >= 0.6 is 0 Å². The average Bonchev–Trinajstić information content (AvgIpc) is 3.03. The van der Waals surface area contributed by atoms with E-state index < -0.39 is 17.9 Å². The molecule has 3 aliphatic heterocycles. The Morgan fingerprint density at radius 3 is 2.62 bits per heavy atom. The van der Waals surface area contributed by atoms with Gasteiger partial charge in [0.2, 0.25) is 0 Å². The third-order valence-corrected chi connectivity index (χ3v) is 5.38. The Balaban J connectivity index is 1.41. The lowest BCUT2D eigenvalue weighted by atomic mass is 9.79. The number of carbonyl (C=O) groups is 2. The number of alkyl halides is 2. The summed E-state index contributed by atoms with van der Waals surface area (Å²) in [6.07, 6.45) is -2.20. The summed E-state index contributed by atoms with van der Waals surface area (Å²) < 4.78 is 35.7. The van der Waals surface area contributed by atoms with Crippen LogP contribution in [0.1, 0.15) is 25.3 Å². The molecule has 3 heterocycles. The molecule has 0 radical (unpaired) electrons. The van der Waals surface area contributed by atoms with Crippen molar-refractivity contribution in [2.24, 2.45) is 5.92 Å². The van der Waals surface area contributed by atoms with Gasteiger partial charge >= 0.3 is 12.3 Å². The highest BCUT2D eigenvalue weighted by molar-refractivity contribution is 6.06. The van der Waals surface area contributed by atoms with Crippen LogP contribution in [0, 0.1) is 5.92 Å². The summed E-state index contributed by atoms with van der Waals surface area (Å²) in [7, 11) is 0. The minimum absolute atomic E-state index is 0.0237. The van der Waals surface area contributed by atoms with Gasteiger partial charge in [-0.1, -0.05) is 12.1 Å². The van der Waals surface area contributed by atoms with E-state index in [1.54, 1.807) is 19.1 Å². The first-order chi connectivity index (χ1) is 12.3. The van der Waals surface area contributed by atoms with Crippen LogP contribution in [-0.4, -0.2) is 41.8 Å². The first-order valence-corrected chi connectivity index (χ1v) is 8.50. The molecule has 2 saturated heterocycles. The van der Waals surface area contributed by atoms with Crippen LogP contribution < -0.4 is 20.1 Å². The Morgan fingerprint density at radius 1 is 1.23 bits per heavy atom. The van der Waals surface area contributed by atoms with E-state index in [9.17, 15) is 18.4 Å². The fourth-order valence-corrected chi connectivity index (χ4v) is 3.90. The van der Waals surface area contributed by atoms with Crippen molar-refractivity contribution in [3.63, 3.8) is 0 Å². The van der Waals surface area contributed by atoms with Gasteiger partial charge in [-0.25, -0.2) is 4.79 Å². The van der Waals surface area contributed by atoms with Gasteiger partial charge in [-0.3, -0.25) is 15.0 Å². The van der Waals surface area contributed by atoms with Crippen LogP contribution in [0.5, 0.6) is 11.5 Å². The maximum Gasteiger partial charge on any atom is 0.586 e. The zero-order valence-electron chi connectivity index (χ0n) is 14.2. The van der Waals surface area contributed by atoms with Crippen molar-refractivity contribution >= 4 is 11.9 Å². The lowest BCUT2D eigenvalue weighted by molar-refractivity contribution is -0.287. The number of rotatable bonds is 3. The van der Waals surface area contributed by atoms with E-state index in [4.69, 9.17) is 0 Å². The SMILES string of the molecule is CC1(C2CCN(Cc3cccc4c3OC(F)(F)O4)CC2)NC(=O)NC1=O. The van der Waals surface area contributed by atoms with E-state index in [2.05, 4.69) is 25.0 Å². The highest BCUT2D eigenvalue weighted by atomic mass is 19.3. The van der Waals surface area contributed by atoms with Crippen molar-refractivity contribution in [1.82, 2.24) is 15.5 Å². The number of likely N-dealkylation sites (tertiary alicyclic amines) is 1. The van der Waals surface area contributed by atoms with Gasteiger partial charge in [-0.05, 0) is 44.8 Å². The molecule has 26 heavy (non-hydrogen) atoms. The number of ether oxygens (including phenoxy) is 2. The molecule has 0 aromatic heterocycles. The van der Waals surface area contributed by atoms with Gasteiger partial charge < -0.3 is 14.8 Å². The molecule has 3 amide bonds. The zero-order chi connectivity index (χ0) is 18.5. The van der Waals surface area contributed by atoms with E-state index in [-0.39, 0.29) is 23.3 Å². The first kappa shape index (κ1) is 17.0. The second-order valence-electron chi connectivity index (χ2n) is 7.07. The van der Waals surface area contributed by atoms with Crippen LogP contribution in [0.15, 0.2) is 18.2 Å². The smallest absolute Gasteiger partial charge is 0.395 e. The summed E-state index contributed by atoms with van der Waals surface area (Å²) in [5.41, 5.74) is -0.257. The van der Waals surface area contributed by atoms with Gasteiger partial charge in [0.25, 0.3) is 5.91 Å². The normalized spacial score (nSPS) is 28.1. The predicted molar refractivity (Wildman–Crippen MR) is 85.7 cm³/mol. The number of halogens is 2. The average molecular weight is 367 g/mol. The largest absolute Gasteiger partial charge is 0.586 e. The standard InChI is InChI=1S/C17H19F2N3O4/c1-16(14(23)20-15(24)21-16)11-5-7-22(8-6-11)9-10-3-2-4-12-13(10)26-17(18,19)25-12/h2-4,11H,5-9H2,1H3,(H2,20,21,23,24). The van der Waals surface area contributed by atoms with E-state index in [0.29, 0.717) is 38.0 Å². The Labute approximate surface area is 148 Å². The minimum atomic E-state index is -3.63. The molecule has 7 nitrogen and oxygen atoms in total. The number of carbonyl (C=O) groups excluding carboxylic acids is 2. The summed E-state index contributed by atoms with van der Waals surface area (Å²) >= 11 is 0. The highest BCUT2D eigenvalue weighted by Crippen LogP contribution is 2.43. The molecule has 1 atom stereocenters. The van der Waals surface area contributed by atoms with Crippen molar-refractivity contribution in [2.45, 2.75) is 38.1 Å². The van der Waals surface area contributed by atoms with E-state index >= 15 is 0 Å². The third kappa shape index (κ3) is 2.86. The summed E-state index contributed by atoms with van der Waals surface area (Å²) in [6.45, 7) is 3.56. The van der Waals surface area contributed by atoms with Gasteiger partial charge in [-0.2, -0.15) is 0 Å². The number of urea groups is 1. The lowest BCUT2D eigenvalue weighted by Gasteiger charge is -2.38. The molecule has 2 N–H and O–H groups in total. The Kier molecular flexibility index (Phi) is 3.80. The van der Waals surface area contributed by atoms with Crippen LogP contribution in [0.2, 0.25) is 0 Å². The van der Waals surface area contributed by atoms with Crippen molar-refractivity contribution < 1.29 is 27.8 Å². The quantitative estimate of drug-likeness (QED) is 0.797. The van der Waals surface area contributed by atoms with Crippen LogP contribution in [0.25, 0.3) is 0 Å². The number of imide groups is 1. The second-order valence-corrected chi connectivity index (χ2v) is 7.07. The van der Waals surface area contributed by atoms with Gasteiger partial charge in [0, 0.05) is 12.1 Å². The van der Waals surface area contributed by atoms with Crippen molar-refractivity contribution in [3.05, 3.63) is 23.8 Å². The fourth-order valence-electron chi connectivity index (χ4n) is 3.90. The maximum atomic E-state index is 13.3. The first-order valence-electron chi connectivity index (χ1n) is 8.50. The highest BCUT2D eigenvalue weighted by Gasteiger charge is 2.49. The fraction of sp³-hybridized carbons (Fsp3) is 0.529. The number of para-hydroxylation sites is 1. The van der Waals surface area contributed by atoms with E-state index in [1.807, 2.05) is 0 Å². The summed E-state index contributed by atoms with van der Waals surface area (Å²) in [4.78, 5) is 25.6. The lowest BCUT2D eigenvalue weighted by Crippen LogP contribution is -2.53. The number of nitrogens with zero attached hydrogens (tertiary/aromatic N) is 1. The Morgan fingerprint density at radius 2 is 1.96 bits per heavy atom. The molecule has 1 aromatic rings. The van der Waals surface area contributed by atoms with Crippen LogP contribution in [0.4, 0.5) is 13.6 Å². The Hall–Kier alpha value is -2.42. The molecule has 4 rings (SSSR count). The van der Waals surface area contributed by atoms with Gasteiger partial charge in [-0.15, -0.1) is 8.78 Å². The number of hydrogen-bond donors (Lipinski definition) is 2. The van der Waals surface area contributed by atoms with Crippen LogP contribution in [-0.2, 0) is 11.3 Å². The summed E-state index contributed by atoms with van der Waals surface area (Å²) in [5, 5.41) is 5.01. The predicted octanol–water partition coefficient (Wildman–Crippen LogP) is 1.82. The number of amides is 3. The molecule has 1 unspecified atom stereocenters. The molecule has 0 spiro atoms. The molecule has 0 saturated carbocycles. The molecular weight excluding hydrogens is 348 g/mol. The molecule has 0 bridgehead atoms. The van der Waals surface area contributed by atoms with Crippen molar-refractivity contribution in [3.8, 4) is 11.5 Å². The van der Waals surface area contributed by atoms with Crippen molar-refractivity contribution in [2.75, 3.05) is 13.1 Å². The maximum absolute atomic E-state index is 13.3. The molecule has 140 valence electrons.